The van der Waals surface area contributed by atoms with Gasteiger partial charge in [0.25, 0.3) is 0 Å². The van der Waals surface area contributed by atoms with Crippen LogP contribution in [-0.4, -0.2) is 35.5 Å². The highest BCUT2D eigenvalue weighted by Crippen LogP contribution is 1.93. The minimum Gasteiger partial charge on any atom is -0.393 e. The minimum absolute atomic E-state index is 0.191. The molecule has 0 aromatic heterocycles. The monoisotopic (exact) mass is 175 g/mol. The first-order valence-corrected chi connectivity index (χ1v) is 4.69. The molecule has 0 fully saturated rings. The Morgan fingerprint density at radius 1 is 1.00 bits per heavy atom. The molecule has 0 aliphatic rings. The second-order valence-electron chi connectivity index (χ2n) is 3.38. The van der Waals surface area contributed by atoms with Gasteiger partial charge in [-0.3, -0.25) is 0 Å². The summed E-state index contributed by atoms with van der Waals surface area (Å²) in [7, 11) is 0. The molecule has 2 atom stereocenters. The van der Waals surface area contributed by atoms with Crippen molar-refractivity contribution in [3.05, 3.63) is 0 Å². The summed E-state index contributed by atoms with van der Waals surface area (Å²) in [5.41, 5.74) is 0. The van der Waals surface area contributed by atoms with E-state index in [4.69, 9.17) is 10.2 Å². The summed E-state index contributed by atoms with van der Waals surface area (Å²) in [6, 6.07) is 0. The molecule has 3 N–H and O–H groups in total. The van der Waals surface area contributed by atoms with Crippen molar-refractivity contribution in [1.29, 1.82) is 0 Å². The largest absolute Gasteiger partial charge is 0.393 e. The van der Waals surface area contributed by atoms with Crippen LogP contribution in [0.4, 0.5) is 0 Å². The zero-order valence-corrected chi connectivity index (χ0v) is 8.08. The van der Waals surface area contributed by atoms with Crippen molar-refractivity contribution in [2.24, 2.45) is 0 Å². The number of hydrogen-bond acceptors (Lipinski definition) is 3. The third-order valence-corrected chi connectivity index (χ3v) is 1.71. The fraction of sp³-hybridized carbons (Fsp3) is 1.00. The topological polar surface area (TPSA) is 52.5 Å². The van der Waals surface area contributed by atoms with Gasteiger partial charge in [0.05, 0.1) is 12.2 Å². The van der Waals surface area contributed by atoms with Gasteiger partial charge in [-0.15, -0.1) is 0 Å². The molecule has 0 saturated heterocycles. The van der Waals surface area contributed by atoms with E-state index < -0.39 is 0 Å². The summed E-state index contributed by atoms with van der Waals surface area (Å²) in [5.74, 6) is 0. The minimum atomic E-state index is -0.214. The first-order valence-electron chi connectivity index (χ1n) is 4.69. The van der Waals surface area contributed by atoms with Crippen LogP contribution in [-0.2, 0) is 0 Å². The van der Waals surface area contributed by atoms with Gasteiger partial charge in [0.2, 0.25) is 0 Å². The van der Waals surface area contributed by atoms with E-state index in [0.717, 1.165) is 32.4 Å². The summed E-state index contributed by atoms with van der Waals surface area (Å²) in [4.78, 5) is 0. The van der Waals surface area contributed by atoms with Crippen LogP contribution in [0.25, 0.3) is 0 Å². The predicted molar refractivity (Wildman–Crippen MR) is 50.1 cm³/mol. The van der Waals surface area contributed by atoms with Crippen LogP contribution in [0, 0.1) is 0 Å². The molecule has 0 saturated carbocycles. The van der Waals surface area contributed by atoms with Gasteiger partial charge >= 0.3 is 0 Å². The third-order valence-electron chi connectivity index (χ3n) is 1.71. The maximum atomic E-state index is 8.93. The van der Waals surface area contributed by atoms with Crippen molar-refractivity contribution in [2.45, 2.75) is 45.3 Å². The van der Waals surface area contributed by atoms with Gasteiger partial charge in [0.15, 0.2) is 0 Å². The van der Waals surface area contributed by atoms with Gasteiger partial charge in [-0.1, -0.05) is 0 Å². The molecule has 2 unspecified atom stereocenters. The van der Waals surface area contributed by atoms with E-state index in [-0.39, 0.29) is 12.2 Å². The predicted octanol–water partition coefficient (Wildman–Crippen LogP) is 0.508. The molecular formula is C9H21NO2. The van der Waals surface area contributed by atoms with Gasteiger partial charge in [0, 0.05) is 0 Å². The summed E-state index contributed by atoms with van der Waals surface area (Å²) in [6.07, 6.45) is 2.24. The van der Waals surface area contributed by atoms with Crippen molar-refractivity contribution in [1.82, 2.24) is 5.32 Å². The highest BCUT2D eigenvalue weighted by atomic mass is 16.3. The number of aliphatic hydroxyl groups excluding tert-OH is 2. The highest BCUT2D eigenvalue weighted by molar-refractivity contribution is 4.54. The molecule has 0 aliphatic heterocycles. The van der Waals surface area contributed by atoms with Crippen molar-refractivity contribution in [2.75, 3.05) is 13.1 Å². The standard InChI is InChI=1S/C9H21NO2/c1-8(11)4-3-6-10-7-5-9(2)12/h8-12H,3-7H2,1-2H3. The van der Waals surface area contributed by atoms with E-state index in [2.05, 4.69) is 5.32 Å². The Hall–Kier alpha value is -0.120. The fourth-order valence-corrected chi connectivity index (χ4v) is 0.958. The van der Waals surface area contributed by atoms with Crippen LogP contribution in [0.15, 0.2) is 0 Å². The first-order chi connectivity index (χ1) is 5.63. The molecule has 12 heavy (non-hydrogen) atoms. The molecule has 0 radical (unpaired) electrons. The van der Waals surface area contributed by atoms with Crippen LogP contribution in [0.1, 0.15) is 33.1 Å². The SMILES string of the molecule is CC(O)CCCNCCC(C)O. The maximum absolute atomic E-state index is 8.93. The zero-order chi connectivity index (χ0) is 9.40. The summed E-state index contributed by atoms with van der Waals surface area (Å²) in [5, 5.41) is 21.0. The van der Waals surface area contributed by atoms with Gasteiger partial charge in [-0.25, -0.2) is 0 Å². The average molecular weight is 175 g/mol. The van der Waals surface area contributed by atoms with E-state index >= 15 is 0 Å². The molecule has 0 aliphatic carbocycles. The van der Waals surface area contributed by atoms with Crippen LogP contribution in [0.2, 0.25) is 0 Å². The summed E-state index contributed by atoms with van der Waals surface area (Å²) < 4.78 is 0. The van der Waals surface area contributed by atoms with Gasteiger partial charge < -0.3 is 15.5 Å². The average Bonchev–Trinajstić information content (AvgIpc) is 1.95. The second-order valence-corrected chi connectivity index (χ2v) is 3.38. The smallest absolute Gasteiger partial charge is 0.0524 e. The number of nitrogens with one attached hydrogen (secondary N) is 1. The van der Waals surface area contributed by atoms with Gasteiger partial charge in [0.1, 0.15) is 0 Å². The lowest BCUT2D eigenvalue weighted by Gasteiger charge is -2.07. The molecule has 0 amide bonds. The lowest BCUT2D eigenvalue weighted by atomic mass is 10.2. The first kappa shape index (κ1) is 11.9. The quantitative estimate of drug-likeness (QED) is 0.494. The highest BCUT2D eigenvalue weighted by Gasteiger charge is 1.96. The van der Waals surface area contributed by atoms with E-state index in [9.17, 15) is 0 Å². The van der Waals surface area contributed by atoms with Crippen LogP contribution < -0.4 is 5.32 Å². The Labute approximate surface area is 74.8 Å². The molecule has 0 spiro atoms. The zero-order valence-electron chi connectivity index (χ0n) is 8.08. The number of aliphatic hydroxyl groups is 2. The summed E-state index contributed by atoms with van der Waals surface area (Å²) >= 11 is 0. The molecule has 0 heterocycles. The Bertz CT molecular complexity index is 82.5. The number of rotatable bonds is 7. The Balaban J connectivity index is 2.91. The van der Waals surface area contributed by atoms with E-state index in [1.165, 1.54) is 0 Å². The van der Waals surface area contributed by atoms with Gasteiger partial charge in [-0.05, 0) is 46.2 Å². The Morgan fingerprint density at radius 2 is 1.58 bits per heavy atom. The van der Waals surface area contributed by atoms with Crippen LogP contribution in [0.5, 0.6) is 0 Å². The van der Waals surface area contributed by atoms with Crippen molar-refractivity contribution in [3.8, 4) is 0 Å². The van der Waals surface area contributed by atoms with E-state index in [1.54, 1.807) is 13.8 Å². The molecule has 3 heteroatoms. The Morgan fingerprint density at radius 3 is 2.08 bits per heavy atom. The van der Waals surface area contributed by atoms with Crippen molar-refractivity contribution in [3.63, 3.8) is 0 Å². The summed E-state index contributed by atoms with van der Waals surface area (Å²) in [6.45, 7) is 5.38. The normalized spacial score (nSPS) is 16.0. The molecule has 3 nitrogen and oxygen atoms in total. The van der Waals surface area contributed by atoms with Crippen molar-refractivity contribution >= 4 is 0 Å². The van der Waals surface area contributed by atoms with Crippen molar-refractivity contribution < 1.29 is 10.2 Å². The number of hydrogen-bond donors (Lipinski definition) is 3. The van der Waals surface area contributed by atoms with Crippen LogP contribution >= 0.6 is 0 Å². The molecule has 0 aromatic carbocycles. The van der Waals surface area contributed by atoms with Gasteiger partial charge in [-0.2, -0.15) is 0 Å². The Kier molecular flexibility index (Phi) is 7.45. The molecular weight excluding hydrogens is 154 g/mol. The lowest BCUT2D eigenvalue weighted by molar-refractivity contribution is 0.177. The molecule has 0 aromatic rings. The van der Waals surface area contributed by atoms with E-state index in [1.807, 2.05) is 0 Å². The van der Waals surface area contributed by atoms with E-state index in [0.29, 0.717) is 0 Å². The van der Waals surface area contributed by atoms with Crippen LogP contribution in [0.3, 0.4) is 0 Å². The second kappa shape index (κ2) is 7.53. The third kappa shape index (κ3) is 9.88. The molecule has 0 bridgehead atoms. The maximum Gasteiger partial charge on any atom is 0.0524 e. The molecule has 0 rings (SSSR count). The lowest BCUT2D eigenvalue weighted by Crippen LogP contribution is -2.20. The fourth-order valence-electron chi connectivity index (χ4n) is 0.958. The molecule has 74 valence electrons.